The SMILES string of the molecule is COC(CNC(=O)c1cnc(C2=CCN(C(=O)OC(C)(C)C)CC2)nc1)OC. The second-order valence-corrected chi connectivity index (χ2v) is 7.31. The number of carbonyl (C=O) groups is 2. The zero-order chi connectivity index (χ0) is 20.7. The Labute approximate surface area is 165 Å². The van der Waals surface area contributed by atoms with Gasteiger partial charge in [0.25, 0.3) is 5.91 Å². The van der Waals surface area contributed by atoms with E-state index in [1.165, 1.54) is 26.6 Å². The molecule has 0 saturated heterocycles. The monoisotopic (exact) mass is 392 g/mol. The first-order valence-electron chi connectivity index (χ1n) is 9.06. The van der Waals surface area contributed by atoms with Crippen LogP contribution in [-0.2, 0) is 14.2 Å². The molecule has 9 heteroatoms. The molecule has 28 heavy (non-hydrogen) atoms. The number of aromatic nitrogens is 2. The summed E-state index contributed by atoms with van der Waals surface area (Å²) in [6, 6.07) is 0. The molecule has 0 aromatic carbocycles. The van der Waals surface area contributed by atoms with Gasteiger partial charge < -0.3 is 24.4 Å². The quantitative estimate of drug-likeness (QED) is 0.737. The van der Waals surface area contributed by atoms with Crippen LogP contribution in [0.4, 0.5) is 4.79 Å². The maximum Gasteiger partial charge on any atom is 0.410 e. The van der Waals surface area contributed by atoms with Crippen molar-refractivity contribution in [2.45, 2.75) is 39.1 Å². The van der Waals surface area contributed by atoms with Gasteiger partial charge in [-0.1, -0.05) is 6.08 Å². The first kappa shape index (κ1) is 21.8. The summed E-state index contributed by atoms with van der Waals surface area (Å²) >= 11 is 0. The fourth-order valence-corrected chi connectivity index (χ4v) is 2.52. The van der Waals surface area contributed by atoms with Gasteiger partial charge in [-0.25, -0.2) is 14.8 Å². The molecule has 1 aliphatic heterocycles. The summed E-state index contributed by atoms with van der Waals surface area (Å²) in [6.07, 6.45) is 4.64. The van der Waals surface area contributed by atoms with E-state index >= 15 is 0 Å². The standard InChI is InChI=1S/C19H28N4O5/c1-19(2,3)28-18(25)23-8-6-13(7-9-23)16-20-10-14(11-21-16)17(24)22-12-15(26-4)27-5/h6,10-11,15H,7-9,12H2,1-5H3,(H,22,24). The van der Waals surface area contributed by atoms with Crippen molar-refractivity contribution in [2.24, 2.45) is 0 Å². The van der Waals surface area contributed by atoms with Crippen molar-refractivity contribution < 1.29 is 23.8 Å². The Morgan fingerprint density at radius 1 is 1.21 bits per heavy atom. The summed E-state index contributed by atoms with van der Waals surface area (Å²) in [5, 5.41) is 2.70. The Hall–Kier alpha value is -2.52. The molecule has 1 aliphatic rings. The van der Waals surface area contributed by atoms with E-state index in [2.05, 4.69) is 15.3 Å². The molecule has 1 aromatic heterocycles. The molecule has 2 amide bonds. The number of nitrogens with one attached hydrogen (secondary N) is 1. The van der Waals surface area contributed by atoms with Crippen LogP contribution in [0.15, 0.2) is 18.5 Å². The van der Waals surface area contributed by atoms with Gasteiger partial charge in [0.05, 0.1) is 12.1 Å². The molecule has 0 unspecified atom stereocenters. The van der Waals surface area contributed by atoms with E-state index < -0.39 is 11.9 Å². The molecular weight excluding hydrogens is 364 g/mol. The van der Waals surface area contributed by atoms with E-state index in [0.29, 0.717) is 30.9 Å². The lowest BCUT2D eigenvalue weighted by Crippen LogP contribution is -2.39. The maximum absolute atomic E-state index is 12.1. The lowest BCUT2D eigenvalue weighted by Gasteiger charge is -2.29. The van der Waals surface area contributed by atoms with Crippen molar-refractivity contribution in [3.8, 4) is 0 Å². The molecule has 0 atom stereocenters. The van der Waals surface area contributed by atoms with E-state index in [-0.39, 0.29) is 18.5 Å². The molecule has 0 aliphatic carbocycles. The van der Waals surface area contributed by atoms with Crippen LogP contribution >= 0.6 is 0 Å². The van der Waals surface area contributed by atoms with Crippen molar-refractivity contribution in [2.75, 3.05) is 33.9 Å². The highest BCUT2D eigenvalue weighted by atomic mass is 16.7. The van der Waals surface area contributed by atoms with E-state index in [9.17, 15) is 9.59 Å². The fraction of sp³-hybridized carbons (Fsp3) is 0.579. The molecule has 0 spiro atoms. The normalized spacial score (nSPS) is 14.6. The number of carbonyl (C=O) groups excluding carboxylic acids is 2. The van der Waals surface area contributed by atoms with Gasteiger partial charge >= 0.3 is 6.09 Å². The number of nitrogens with zero attached hydrogens (tertiary/aromatic N) is 3. The van der Waals surface area contributed by atoms with Crippen LogP contribution in [0.2, 0.25) is 0 Å². The average molecular weight is 392 g/mol. The Morgan fingerprint density at radius 3 is 2.36 bits per heavy atom. The van der Waals surface area contributed by atoms with Gasteiger partial charge in [0.15, 0.2) is 12.1 Å². The zero-order valence-electron chi connectivity index (χ0n) is 17.0. The molecule has 154 valence electrons. The van der Waals surface area contributed by atoms with Crippen molar-refractivity contribution in [3.63, 3.8) is 0 Å². The molecule has 1 aromatic rings. The lowest BCUT2D eigenvalue weighted by molar-refractivity contribution is -0.0974. The summed E-state index contributed by atoms with van der Waals surface area (Å²) in [7, 11) is 3.00. The first-order chi connectivity index (χ1) is 13.2. The van der Waals surface area contributed by atoms with Crippen LogP contribution in [0.5, 0.6) is 0 Å². The molecule has 0 fully saturated rings. The number of methoxy groups -OCH3 is 2. The van der Waals surface area contributed by atoms with Crippen molar-refractivity contribution >= 4 is 17.6 Å². The minimum Gasteiger partial charge on any atom is -0.444 e. The van der Waals surface area contributed by atoms with Crippen LogP contribution in [0.1, 0.15) is 43.4 Å². The topological polar surface area (TPSA) is 103 Å². The Balaban J connectivity index is 1.93. The summed E-state index contributed by atoms with van der Waals surface area (Å²) < 4.78 is 15.4. The van der Waals surface area contributed by atoms with Crippen LogP contribution in [0, 0.1) is 0 Å². The fourth-order valence-electron chi connectivity index (χ4n) is 2.52. The van der Waals surface area contributed by atoms with E-state index in [1.807, 2.05) is 26.8 Å². The van der Waals surface area contributed by atoms with Gasteiger partial charge in [0, 0.05) is 39.7 Å². The molecule has 0 bridgehead atoms. The summed E-state index contributed by atoms with van der Waals surface area (Å²) in [5.74, 6) is 0.242. The maximum atomic E-state index is 12.1. The number of hydrogen-bond donors (Lipinski definition) is 1. The summed E-state index contributed by atoms with van der Waals surface area (Å²) in [4.78, 5) is 34.4. The van der Waals surface area contributed by atoms with Gasteiger partial charge in [0.1, 0.15) is 5.60 Å². The van der Waals surface area contributed by atoms with Crippen molar-refractivity contribution in [1.82, 2.24) is 20.2 Å². The van der Waals surface area contributed by atoms with Crippen molar-refractivity contribution in [1.29, 1.82) is 0 Å². The van der Waals surface area contributed by atoms with Gasteiger partial charge in [-0.3, -0.25) is 4.79 Å². The second-order valence-electron chi connectivity index (χ2n) is 7.31. The van der Waals surface area contributed by atoms with E-state index in [1.54, 1.807) is 4.90 Å². The second kappa shape index (κ2) is 9.61. The Bertz CT molecular complexity index is 708. The predicted octanol–water partition coefficient (Wildman–Crippen LogP) is 1.85. The lowest BCUT2D eigenvalue weighted by atomic mass is 10.1. The third kappa shape index (κ3) is 6.28. The van der Waals surface area contributed by atoms with Crippen LogP contribution < -0.4 is 5.32 Å². The number of ether oxygens (including phenoxy) is 3. The Kier molecular flexibility index (Phi) is 7.47. The minimum absolute atomic E-state index is 0.221. The van der Waals surface area contributed by atoms with E-state index in [4.69, 9.17) is 14.2 Å². The van der Waals surface area contributed by atoms with Crippen molar-refractivity contribution in [3.05, 3.63) is 29.9 Å². The summed E-state index contributed by atoms with van der Waals surface area (Å²) in [5.41, 5.74) is 0.764. The van der Waals surface area contributed by atoms with Gasteiger partial charge in [-0.15, -0.1) is 0 Å². The number of amides is 2. The third-order valence-electron chi connectivity index (χ3n) is 4.02. The zero-order valence-corrected chi connectivity index (χ0v) is 17.0. The van der Waals surface area contributed by atoms with Gasteiger partial charge in [0.2, 0.25) is 0 Å². The predicted molar refractivity (Wildman–Crippen MR) is 103 cm³/mol. The molecule has 1 N–H and O–H groups in total. The largest absolute Gasteiger partial charge is 0.444 e. The minimum atomic E-state index is -0.521. The van der Waals surface area contributed by atoms with Crippen LogP contribution in [-0.4, -0.2) is 72.6 Å². The third-order valence-corrected chi connectivity index (χ3v) is 4.02. The first-order valence-corrected chi connectivity index (χ1v) is 9.06. The molecule has 2 heterocycles. The highest BCUT2D eigenvalue weighted by Crippen LogP contribution is 2.20. The van der Waals surface area contributed by atoms with E-state index in [0.717, 1.165) is 5.57 Å². The number of hydrogen-bond acceptors (Lipinski definition) is 7. The highest BCUT2D eigenvalue weighted by molar-refractivity contribution is 5.93. The summed E-state index contributed by atoms with van der Waals surface area (Å²) in [6.45, 7) is 6.71. The van der Waals surface area contributed by atoms with Gasteiger partial charge in [-0.05, 0) is 32.8 Å². The molecular formula is C19H28N4O5. The highest BCUT2D eigenvalue weighted by Gasteiger charge is 2.24. The number of rotatable bonds is 6. The van der Waals surface area contributed by atoms with Crippen LogP contribution in [0.25, 0.3) is 5.57 Å². The smallest absolute Gasteiger partial charge is 0.410 e. The molecule has 9 nitrogen and oxygen atoms in total. The van der Waals surface area contributed by atoms with Crippen LogP contribution in [0.3, 0.4) is 0 Å². The Morgan fingerprint density at radius 2 is 1.86 bits per heavy atom. The molecule has 2 rings (SSSR count). The van der Waals surface area contributed by atoms with Gasteiger partial charge in [-0.2, -0.15) is 0 Å². The average Bonchev–Trinajstić information content (AvgIpc) is 2.67. The molecule has 0 radical (unpaired) electrons. The molecule has 0 saturated carbocycles.